The molecule has 0 fully saturated rings. The molecule has 1 amide bonds. The number of nitrogens with one attached hydrogen (secondary N) is 3. The Morgan fingerprint density at radius 3 is 2.54 bits per heavy atom. The van der Waals surface area contributed by atoms with Gasteiger partial charge < -0.3 is 10.3 Å². The van der Waals surface area contributed by atoms with Crippen LogP contribution in [0.4, 0.5) is 5.69 Å². The molecule has 6 heteroatoms. The van der Waals surface area contributed by atoms with Gasteiger partial charge in [-0.3, -0.25) is 9.89 Å². The van der Waals surface area contributed by atoms with Crippen LogP contribution in [-0.2, 0) is 0 Å². The topological polar surface area (TPSA) is 86.5 Å². The van der Waals surface area contributed by atoms with Crippen molar-refractivity contribution in [3.63, 3.8) is 0 Å². The van der Waals surface area contributed by atoms with Crippen LogP contribution in [0.3, 0.4) is 0 Å². The number of nitrogens with zero attached hydrogens (tertiary/aromatic N) is 2. The number of hydrogen-bond donors (Lipinski definition) is 3. The van der Waals surface area contributed by atoms with E-state index in [4.69, 9.17) is 0 Å². The van der Waals surface area contributed by atoms with Crippen LogP contribution in [0.25, 0.3) is 22.6 Å². The molecule has 0 aliphatic carbocycles. The normalized spacial score (nSPS) is 11.0. The second-order valence-electron chi connectivity index (χ2n) is 6.48. The van der Waals surface area contributed by atoms with Crippen molar-refractivity contribution < 1.29 is 4.79 Å². The summed E-state index contributed by atoms with van der Waals surface area (Å²) in [7, 11) is 0. The average molecular weight is 345 g/mol. The van der Waals surface area contributed by atoms with Crippen molar-refractivity contribution in [2.24, 2.45) is 0 Å². The van der Waals surface area contributed by atoms with E-state index < -0.39 is 0 Å². The van der Waals surface area contributed by atoms with Crippen molar-refractivity contribution in [3.8, 4) is 11.5 Å². The first-order valence-electron chi connectivity index (χ1n) is 8.41. The van der Waals surface area contributed by atoms with Crippen LogP contribution >= 0.6 is 0 Å². The van der Waals surface area contributed by atoms with Crippen LogP contribution < -0.4 is 5.32 Å². The van der Waals surface area contributed by atoms with E-state index in [0.29, 0.717) is 22.8 Å². The number of fused-ring (bicyclic) bond motifs is 1. The molecule has 0 saturated carbocycles. The number of carbonyl (C=O) groups excluding carboxylic acids is 1. The van der Waals surface area contributed by atoms with Gasteiger partial charge in [0, 0.05) is 11.8 Å². The Kier molecular flexibility index (Phi) is 3.80. The van der Waals surface area contributed by atoms with Crippen LogP contribution in [0.5, 0.6) is 0 Å². The molecule has 3 N–H and O–H groups in total. The molecule has 0 spiro atoms. The Bertz CT molecular complexity index is 1070. The summed E-state index contributed by atoms with van der Waals surface area (Å²) in [6, 6.07) is 11.8. The van der Waals surface area contributed by atoms with E-state index in [9.17, 15) is 4.79 Å². The van der Waals surface area contributed by atoms with Gasteiger partial charge in [-0.1, -0.05) is 29.8 Å². The van der Waals surface area contributed by atoms with Crippen LogP contribution in [0.15, 0.2) is 42.6 Å². The average Bonchev–Trinajstić information content (AvgIpc) is 3.19. The zero-order valence-corrected chi connectivity index (χ0v) is 14.8. The number of carbonyl (C=O) groups is 1. The molecular formula is C20H19N5O. The second-order valence-corrected chi connectivity index (χ2v) is 6.48. The molecule has 2 heterocycles. The lowest BCUT2D eigenvalue weighted by Gasteiger charge is -2.11. The number of aryl methyl sites for hydroxylation is 3. The first-order chi connectivity index (χ1) is 12.5. The summed E-state index contributed by atoms with van der Waals surface area (Å²) in [5.41, 5.74) is 6.68. The van der Waals surface area contributed by atoms with Crippen molar-refractivity contribution >= 4 is 22.6 Å². The highest BCUT2D eigenvalue weighted by Crippen LogP contribution is 2.26. The smallest absolute Gasteiger partial charge is 0.256 e. The molecule has 6 nitrogen and oxygen atoms in total. The van der Waals surface area contributed by atoms with Crippen molar-refractivity contribution in [2.45, 2.75) is 20.8 Å². The summed E-state index contributed by atoms with van der Waals surface area (Å²) >= 11 is 0. The Balaban J connectivity index is 1.68. The van der Waals surface area contributed by atoms with Gasteiger partial charge in [-0.15, -0.1) is 0 Å². The molecule has 0 unspecified atom stereocenters. The van der Waals surface area contributed by atoms with Gasteiger partial charge in [0.05, 0.1) is 16.7 Å². The van der Waals surface area contributed by atoms with E-state index in [2.05, 4.69) is 25.5 Å². The first-order valence-corrected chi connectivity index (χ1v) is 8.41. The number of aromatic nitrogens is 4. The lowest BCUT2D eigenvalue weighted by Crippen LogP contribution is -2.15. The predicted octanol–water partition coefficient (Wildman–Crippen LogP) is 4.13. The molecule has 0 aliphatic heterocycles. The van der Waals surface area contributed by atoms with Crippen LogP contribution in [-0.4, -0.2) is 26.1 Å². The Hall–Kier alpha value is -3.41. The largest absolute Gasteiger partial charge is 0.337 e. The highest BCUT2D eigenvalue weighted by molar-refractivity contribution is 6.07. The van der Waals surface area contributed by atoms with E-state index in [1.807, 2.05) is 57.2 Å². The zero-order valence-electron chi connectivity index (χ0n) is 14.8. The Morgan fingerprint density at radius 2 is 1.81 bits per heavy atom. The summed E-state index contributed by atoms with van der Waals surface area (Å²) in [5.74, 6) is 0.457. The predicted molar refractivity (Wildman–Crippen MR) is 102 cm³/mol. The van der Waals surface area contributed by atoms with Gasteiger partial charge in [0.1, 0.15) is 0 Å². The fourth-order valence-corrected chi connectivity index (χ4v) is 3.35. The maximum absolute atomic E-state index is 12.8. The summed E-state index contributed by atoms with van der Waals surface area (Å²) in [6.07, 6.45) is 1.67. The molecule has 0 saturated heterocycles. The SMILES string of the molecule is Cc1cc(C)c(C(=O)Nc2c[nH]nc2-c2nc3ccccc3[nH]2)c(C)c1. The molecule has 130 valence electrons. The van der Waals surface area contributed by atoms with E-state index >= 15 is 0 Å². The van der Waals surface area contributed by atoms with Crippen LogP contribution in [0.2, 0.25) is 0 Å². The van der Waals surface area contributed by atoms with E-state index in [1.54, 1.807) is 6.20 Å². The molecule has 0 radical (unpaired) electrons. The Morgan fingerprint density at radius 1 is 1.08 bits per heavy atom. The third-order valence-corrected chi connectivity index (χ3v) is 4.41. The Labute approximate surface area is 150 Å². The highest BCUT2D eigenvalue weighted by atomic mass is 16.1. The molecule has 26 heavy (non-hydrogen) atoms. The lowest BCUT2D eigenvalue weighted by molar-refractivity contribution is 0.102. The van der Waals surface area contributed by atoms with Crippen molar-refractivity contribution in [2.75, 3.05) is 5.32 Å². The zero-order chi connectivity index (χ0) is 18.3. The molecule has 4 aromatic rings. The number of para-hydroxylation sites is 2. The van der Waals surface area contributed by atoms with Crippen molar-refractivity contribution in [1.82, 2.24) is 20.2 Å². The summed E-state index contributed by atoms with van der Waals surface area (Å²) in [5, 5.41) is 10.0. The number of imidazole rings is 1. The van der Waals surface area contributed by atoms with Gasteiger partial charge in [-0.25, -0.2) is 4.98 Å². The number of benzene rings is 2. The molecule has 4 rings (SSSR count). The van der Waals surface area contributed by atoms with E-state index in [-0.39, 0.29) is 5.91 Å². The minimum absolute atomic E-state index is 0.154. The quantitative estimate of drug-likeness (QED) is 0.522. The number of amides is 1. The van der Waals surface area contributed by atoms with Gasteiger partial charge in [0.25, 0.3) is 5.91 Å². The lowest BCUT2D eigenvalue weighted by atomic mass is 9.99. The highest BCUT2D eigenvalue weighted by Gasteiger charge is 2.18. The number of rotatable bonds is 3. The minimum atomic E-state index is -0.154. The third-order valence-electron chi connectivity index (χ3n) is 4.41. The van der Waals surface area contributed by atoms with Gasteiger partial charge in [-0.2, -0.15) is 5.10 Å². The summed E-state index contributed by atoms with van der Waals surface area (Å²) < 4.78 is 0. The van der Waals surface area contributed by atoms with Crippen LogP contribution in [0.1, 0.15) is 27.0 Å². The third kappa shape index (κ3) is 2.75. The molecule has 2 aromatic carbocycles. The van der Waals surface area contributed by atoms with Gasteiger partial charge in [0.2, 0.25) is 0 Å². The van der Waals surface area contributed by atoms with Gasteiger partial charge >= 0.3 is 0 Å². The number of anilines is 1. The molecule has 0 atom stereocenters. The van der Waals surface area contributed by atoms with Gasteiger partial charge in [0.15, 0.2) is 11.5 Å². The van der Waals surface area contributed by atoms with E-state index in [1.165, 1.54) is 0 Å². The fraction of sp³-hybridized carbons (Fsp3) is 0.150. The molecule has 2 aromatic heterocycles. The minimum Gasteiger partial charge on any atom is -0.337 e. The number of hydrogen-bond acceptors (Lipinski definition) is 3. The van der Waals surface area contributed by atoms with Crippen molar-refractivity contribution in [3.05, 3.63) is 64.8 Å². The van der Waals surface area contributed by atoms with Crippen LogP contribution in [0, 0.1) is 20.8 Å². The standard InChI is InChI=1S/C20H19N5O/c1-11-8-12(2)17(13(3)9-11)20(26)24-16-10-21-25-18(16)19-22-14-6-4-5-7-15(14)23-19/h4-10H,1-3H3,(H,21,25)(H,22,23)(H,24,26). The monoisotopic (exact) mass is 345 g/mol. The maximum atomic E-state index is 12.8. The summed E-state index contributed by atoms with van der Waals surface area (Å²) in [4.78, 5) is 20.6. The van der Waals surface area contributed by atoms with Crippen molar-refractivity contribution in [1.29, 1.82) is 0 Å². The first kappa shape index (κ1) is 16.1. The molecule has 0 aliphatic rings. The number of aromatic amines is 2. The van der Waals surface area contributed by atoms with Gasteiger partial charge in [-0.05, 0) is 44.0 Å². The second kappa shape index (κ2) is 6.15. The molecular weight excluding hydrogens is 326 g/mol. The summed E-state index contributed by atoms with van der Waals surface area (Å²) in [6.45, 7) is 5.92. The fourth-order valence-electron chi connectivity index (χ4n) is 3.35. The number of H-pyrrole nitrogens is 2. The molecule has 0 bridgehead atoms. The van der Waals surface area contributed by atoms with E-state index in [0.717, 1.165) is 27.7 Å². The maximum Gasteiger partial charge on any atom is 0.256 e.